The molecule has 0 aromatic heterocycles. The zero-order valence-corrected chi connectivity index (χ0v) is 8.81. The first-order valence-electron chi connectivity index (χ1n) is 4.34. The van der Waals surface area contributed by atoms with Gasteiger partial charge >= 0.3 is 14.1 Å². The van der Waals surface area contributed by atoms with E-state index in [1.165, 1.54) is 0 Å². The van der Waals surface area contributed by atoms with E-state index in [9.17, 15) is 9.36 Å². The van der Waals surface area contributed by atoms with Crippen molar-refractivity contribution in [1.82, 2.24) is 5.09 Å². The van der Waals surface area contributed by atoms with Crippen LogP contribution in [0.1, 0.15) is 6.42 Å². The van der Waals surface area contributed by atoms with Crippen molar-refractivity contribution in [2.24, 2.45) is 0 Å². The molecule has 6 heteroatoms. The van der Waals surface area contributed by atoms with E-state index in [1.807, 2.05) is 6.07 Å². The fourth-order valence-electron chi connectivity index (χ4n) is 0.863. The van der Waals surface area contributed by atoms with Crippen LogP contribution in [-0.4, -0.2) is 17.6 Å². The smallest absolute Gasteiger partial charge is 0.481 e. The standard InChI is InChI=1S/C9H10NO4P/c11-9(12)6-7-10-15(13)14-8-4-2-1-3-5-8/h1-5H,6-7H2,(H-,10,11,12,13)/p+1. The van der Waals surface area contributed by atoms with Crippen molar-refractivity contribution in [1.29, 1.82) is 0 Å². The molecule has 0 spiro atoms. The van der Waals surface area contributed by atoms with Crippen LogP contribution in [0.25, 0.3) is 0 Å². The third-order valence-electron chi connectivity index (χ3n) is 1.51. The summed E-state index contributed by atoms with van der Waals surface area (Å²) in [6.45, 7) is 0.122. The first kappa shape index (κ1) is 11.6. The maximum atomic E-state index is 11.2. The summed E-state index contributed by atoms with van der Waals surface area (Å²) in [4.78, 5) is 10.2. The highest BCUT2D eigenvalue weighted by atomic mass is 31.1. The van der Waals surface area contributed by atoms with Crippen molar-refractivity contribution >= 4 is 14.1 Å². The molecule has 0 heterocycles. The number of benzene rings is 1. The summed E-state index contributed by atoms with van der Waals surface area (Å²) in [5, 5.41) is 10.8. The third kappa shape index (κ3) is 5.10. The van der Waals surface area contributed by atoms with Crippen LogP contribution in [0.3, 0.4) is 0 Å². The Bertz CT molecular complexity index is 341. The highest BCUT2D eigenvalue weighted by Gasteiger charge is 2.18. The van der Waals surface area contributed by atoms with E-state index in [0.29, 0.717) is 5.75 Å². The van der Waals surface area contributed by atoms with E-state index in [4.69, 9.17) is 9.63 Å². The minimum Gasteiger partial charge on any atom is -0.481 e. The SMILES string of the molecule is O=C(O)CCN[P+](=O)Oc1ccccc1. The lowest BCUT2D eigenvalue weighted by atomic mass is 10.3. The normalized spacial score (nSPS) is 10.8. The Labute approximate surface area is 88.0 Å². The molecule has 0 bridgehead atoms. The van der Waals surface area contributed by atoms with Crippen LogP contribution >= 0.6 is 8.18 Å². The van der Waals surface area contributed by atoms with Gasteiger partial charge in [0.2, 0.25) is 0 Å². The van der Waals surface area contributed by atoms with Gasteiger partial charge in [0.25, 0.3) is 0 Å². The molecule has 0 aliphatic heterocycles. The van der Waals surface area contributed by atoms with Crippen molar-refractivity contribution in [3.63, 3.8) is 0 Å². The van der Waals surface area contributed by atoms with Crippen LogP contribution in [0.2, 0.25) is 0 Å². The maximum absolute atomic E-state index is 11.2. The Kier molecular flexibility index (Phi) is 4.74. The molecule has 80 valence electrons. The van der Waals surface area contributed by atoms with Crippen molar-refractivity contribution in [3.8, 4) is 5.75 Å². The number of hydrogen-bond donors (Lipinski definition) is 2. The van der Waals surface area contributed by atoms with Crippen LogP contribution in [0.5, 0.6) is 5.75 Å². The number of carboxylic acids is 1. The predicted octanol–water partition coefficient (Wildman–Crippen LogP) is 1.79. The molecule has 1 unspecified atom stereocenters. The van der Waals surface area contributed by atoms with Crippen LogP contribution < -0.4 is 9.61 Å². The van der Waals surface area contributed by atoms with Gasteiger partial charge in [-0.2, -0.15) is 0 Å². The Morgan fingerprint density at radius 2 is 2.07 bits per heavy atom. The molecule has 1 aromatic carbocycles. The summed E-state index contributed by atoms with van der Waals surface area (Å²) in [6.07, 6.45) is -0.0841. The lowest BCUT2D eigenvalue weighted by Gasteiger charge is -1.92. The van der Waals surface area contributed by atoms with E-state index in [2.05, 4.69) is 5.09 Å². The van der Waals surface area contributed by atoms with E-state index >= 15 is 0 Å². The second kappa shape index (κ2) is 6.11. The van der Waals surface area contributed by atoms with E-state index in [-0.39, 0.29) is 13.0 Å². The molecule has 2 N–H and O–H groups in total. The fraction of sp³-hybridized carbons (Fsp3) is 0.222. The summed E-state index contributed by atoms with van der Waals surface area (Å²) in [6, 6.07) is 8.68. The number of rotatable bonds is 6. The first-order valence-corrected chi connectivity index (χ1v) is 5.52. The average molecular weight is 228 g/mol. The zero-order chi connectivity index (χ0) is 11.1. The minimum atomic E-state index is -2.05. The van der Waals surface area contributed by atoms with Gasteiger partial charge < -0.3 is 5.11 Å². The van der Waals surface area contributed by atoms with E-state index < -0.39 is 14.1 Å². The Hall–Kier alpha value is -1.45. The first-order chi connectivity index (χ1) is 7.18. The Balaban J connectivity index is 2.28. The number of carboxylic acid groups (broad SMARTS) is 1. The van der Waals surface area contributed by atoms with Crippen LogP contribution in [-0.2, 0) is 9.36 Å². The molecule has 0 saturated heterocycles. The van der Waals surface area contributed by atoms with E-state index in [1.54, 1.807) is 24.3 Å². The highest BCUT2D eigenvalue weighted by molar-refractivity contribution is 7.37. The van der Waals surface area contributed by atoms with Gasteiger partial charge in [0.05, 0.1) is 13.0 Å². The van der Waals surface area contributed by atoms with Crippen LogP contribution in [0.15, 0.2) is 30.3 Å². The topological polar surface area (TPSA) is 75.6 Å². The molecular formula is C9H11NO4P+. The molecule has 1 atom stereocenters. The van der Waals surface area contributed by atoms with Gasteiger partial charge in [-0.15, -0.1) is 0 Å². The lowest BCUT2D eigenvalue weighted by Crippen LogP contribution is -2.12. The molecule has 0 fully saturated rings. The van der Waals surface area contributed by atoms with Gasteiger partial charge in [-0.1, -0.05) is 23.3 Å². The molecular weight excluding hydrogens is 217 g/mol. The molecule has 0 aliphatic rings. The second-order valence-corrected chi connectivity index (χ2v) is 3.73. The molecule has 0 aliphatic carbocycles. The summed E-state index contributed by atoms with van der Waals surface area (Å²) >= 11 is 0. The van der Waals surface area contributed by atoms with Crippen molar-refractivity contribution < 1.29 is 19.0 Å². The molecule has 1 rings (SSSR count). The fourth-order valence-corrected chi connectivity index (χ4v) is 1.54. The van der Waals surface area contributed by atoms with E-state index in [0.717, 1.165) is 0 Å². The predicted molar refractivity (Wildman–Crippen MR) is 54.9 cm³/mol. The number of para-hydroxylation sites is 1. The van der Waals surface area contributed by atoms with Gasteiger partial charge in [-0.05, 0) is 12.1 Å². The summed E-state index contributed by atoms with van der Waals surface area (Å²) < 4.78 is 16.2. The van der Waals surface area contributed by atoms with Gasteiger partial charge in [0.15, 0.2) is 5.75 Å². The number of hydrogen-bond acceptors (Lipinski definition) is 3. The summed E-state index contributed by atoms with van der Waals surface area (Å²) in [5.41, 5.74) is 0. The average Bonchev–Trinajstić information content (AvgIpc) is 2.18. The zero-order valence-electron chi connectivity index (χ0n) is 7.92. The number of aliphatic carboxylic acids is 1. The Morgan fingerprint density at radius 3 is 2.67 bits per heavy atom. The van der Waals surface area contributed by atoms with Gasteiger partial charge in [0.1, 0.15) is 0 Å². The lowest BCUT2D eigenvalue weighted by molar-refractivity contribution is -0.136. The summed E-state index contributed by atoms with van der Waals surface area (Å²) in [7, 11) is -2.05. The van der Waals surface area contributed by atoms with Gasteiger partial charge in [-0.25, -0.2) is 4.52 Å². The Morgan fingerprint density at radius 1 is 1.40 bits per heavy atom. The molecule has 15 heavy (non-hydrogen) atoms. The van der Waals surface area contributed by atoms with Gasteiger partial charge in [0, 0.05) is 4.57 Å². The van der Waals surface area contributed by atoms with Gasteiger partial charge in [-0.3, -0.25) is 4.79 Å². The van der Waals surface area contributed by atoms with Crippen LogP contribution in [0, 0.1) is 0 Å². The van der Waals surface area contributed by atoms with Crippen molar-refractivity contribution in [3.05, 3.63) is 30.3 Å². The minimum absolute atomic E-state index is 0.0841. The molecule has 0 amide bonds. The molecule has 0 saturated carbocycles. The molecule has 1 aromatic rings. The van der Waals surface area contributed by atoms with Crippen molar-refractivity contribution in [2.75, 3.05) is 6.54 Å². The quantitative estimate of drug-likeness (QED) is 0.726. The monoisotopic (exact) mass is 228 g/mol. The highest BCUT2D eigenvalue weighted by Crippen LogP contribution is 2.22. The second-order valence-electron chi connectivity index (χ2n) is 2.71. The molecule has 5 nitrogen and oxygen atoms in total. The maximum Gasteiger partial charge on any atom is 0.663 e. The number of carbonyl (C=O) groups is 1. The summed E-state index contributed by atoms with van der Waals surface area (Å²) in [5.74, 6) is -0.452. The molecule has 0 radical (unpaired) electrons. The third-order valence-corrected chi connectivity index (χ3v) is 2.37. The number of nitrogens with one attached hydrogen (secondary N) is 1. The van der Waals surface area contributed by atoms with Crippen molar-refractivity contribution in [2.45, 2.75) is 6.42 Å². The van der Waals surface area contributed by atoms with Crippen LogP contribution in [0.4, 0.5) is 0 Å². The largest absolute Gasteiger partial charge is 0.663 e.